The Hall–Kier alpha value is -1.02. The fraction of sp³-hybridized carbons (Fsp3) is 0.250. The minimum absolute atomic E-state index is 0.415. The van der Waals surface area contributed by atoms with Gasteiger partial charge in [-0.25, -0.2) is 0 Å². The number of rotatable bonds is 0. The summed E-state index contributed by atoms with van der Waals surface area (Å²) in [5, 5.41) is 12.4. The normalized spacial score (nSPS) is 23.0. The summed E-state index contributed by atoms with van der Waals surface area (Å²) in [6, 6.07) is 0. The summed E-state index contributed by atoms with van der Waals surface area (Å²) in [6.07, 6.45) is 5.78. The van der Waals surface area contributed by atoms with Gasteiger partial charge >= 0.3 is 0 Å². The van der Waals surface area contributed by atoms with Crippen LogP contribution >= 0.6 is 0 Å². The number of hydrogen-bond acceptors (Lipinski definition) is 2. The molecule has 0 bridgehead atoms. The van der Waals surface area contributed by atoms with Gasteiger partial charge in [0.25, 0.3) is 0 Å². The van der Waals surface area contributed by atoms with Gasteiger partial charge < -0.3 is 10.4 Å². The molecule has 52 valence electrons. The molecule has 1 heterocycles. The maximum absolute atomic E-state index is 9.24. The van der Waals surface area contributed by atoms with Gasteiger partial charge in [0, 0.05) is 18.7 Å². The molecule has 0 radical (unpaired) electrons. The van der Waals surface area contributed by atoms with Crippen molar-refractivity contribution >= 4 is 0 Å². The van der Waals surface area contributed by atoms with E-state index in [1.54, 1.807) is 6.08 Å². The first-order valence-corrected chi connectivity index (χ1v) is 3.39. The van der Waals surface area contributed by atoms with Crippen LogP contribution in [0.15, 0.2) is 35.1 Å². The highest BCUT2D eigenvalue weighted by Gasteiger charge is 2.15. The average Bonchev–Trinajstić information content (AvgIpc) is 2.34. The number of fused-ring (bicyclic) bond motifs is 1. The zero-order valence-electron chi connectivity index (χ0n) is 5.59. The van der Waals surface area contributed by atoms with Crippen molar-refractivity contribution in [3.8, 4) is 0 Å². The van der Waals surface area contributed by atoms with Crippen molar-refractivity contribution < 1.29 is 5.11 Å². The first kappa shape index (κ1) is 5.74. The Bertz CT molecular complexity index is 248. The second-order valence-electron chi connectivity index (χ2n) is 2.49. The first-order chi connectivity index (χ1) is 4.88. The molecule has 0 fully saturated rings. The Balaban J connectivity index is 2.44. The molecule has 10 heavy (non-hydrogen) atoms. The third-order valence-electron chi connectivity index (χ3n) is 1.85. The number of aliphatic hydroxyl groups is 1. The summed E-state index contributed by atoms with van der Waals surface area (Å²) in [6.45, 7) is 1.71. The van der Waals surface area contributed by atoms with Crippen LogP contribution in [-0.2, 0) is 0 Å². The van der Waals surface area contributed by atoms with E-state index < -0.39 is 0 Å². The van der Waals surface area contributed by atoms with E-state index in [9.17, 15) is 5.11 Å². The lowest BCUT2D eigenvalue weighted by atomic mass is 10.1. The largest absolute Gasteiger partial charge is 0.508 e. The quantitative estimate of drug-likeness (QED) is 0.517. The van der Waals surface area contributed by atoms with Gasteiger partial charge in [0.05, 0.1) is 0 Å². The minimum Gasteiger partial charge on any atom is -0.508 e. The predicted molar refractivity (Wildman–Crippen MR) is 39.7 cm³/mol. The van der Waals surface area contributed by atoms with Crippen LogP contribution in [0.5, 0.6) is 0 Å². The van der Waals surface area contributed by atoms with Crippen molar-refractivity contribution in [2.45, 2.75) is 0 Å². The molecule has 2 heteroatoms. The molecule has 0 atom stereocenters. The van der Waals surface area contributed by atoms with Gasteiger partial charge in [-0.15, -0.1) is 0 Å². The molecule has 1 aliphatic heterocycles. The second kappa shape index (κ2) is 1.99. The van der Waals surface area contributed by atoms with Gasteiger partial charge in [0.15, 0.2) is 0 Å². The van der Waals surface area contributed by atoms with E-state index in [0.717, 1.165) is 18.7 Å². The lowest BCUT2D eigenvalue weighted by Crippen LogP contribution is -2.22. The summed E-state index contributed by atoms with van der Waals surface area (Å²) in [5.74, 6) is 0.415. The zero-order valence-corrected chi connectivity index (χ0v) is 5.59. The van der Waals surface area contributed by atoms with Gasteiger partial charge in [-0.05, 0) is 11.6 Å². The van der Waals surface area contributed by atoms with Gasteiger partial charge in [0.1, 0.15) is 5.76 Å². The summed E-state index contributed by atoms with van der Waals surface area (Å²) >= 11 is 0. The van der Waals surface area contributed by atoms with Crippen LogP contribution in [0.3, 0.4) is 0 Å². The number of aliphatic hydroxyl groups excluding tert-OH is 1. The van der Waals surface area contributed by atoms with Crippen LogP contribution in [0.2, 0.25) is 0 Å². The molecule has 2 aliphatic rings. The topological polar surface area (TPSA) is 32.3 Å². The molecule has 0 unspecified atom stereocenters. The summed E-state index contributed by atoms with van der Waals surface area (Å²) < 4.78 is 0. The Labute approximate surface area is 59.6 Å². The van der Waals surface area contributed by atoms with Crippen molar-refractivity contribution in [3.05, 3.63) is 35.1 Å². The standard InChI is InChI=1S/C8H9NO/c10-8-2-1-6-3-4-9-5-7(6)8/h1-3,9-10H,4-5H2. The molecule has 0 saturated carbocycles. The van der Waals surface area contributed by atoms with E-state index in [1.807, 2.05) is 6.08 Å². The SMILES string of the molecule is OC1=C2CNCC=C2C=C1. The molecular weight excluding hydrogens is 126 g/mol. The molecule has 0 aromatic carbocycles. The van der Waals surface area contributed by atoms with E-state index in [0.29, 0.717) is 5.76 Å². The van der Waals surface area contributed by atoms with Crippen molar-refractivity contribution in [1.29, 1.82) is 0 Å². The Morgan fingerprint density at radius 2 is 2.30 bits per heavy atom. The van der Waals surface area contributed by atoms with E-state index in [-0.39, 0.29) is 0 Å². The van der Waals surface area contributed by atoms with Crippen LogP contribution in [-0.4, -0.2) is 18.2 Å². The molecular formula is C8H9NO. The first-order valence-electron chi connectivity index (χ1n) is 3.39. The van der Waals surface area contributed by atoms with E-state index in [2.05, 4.69) is 11.4 Å². The van der Waals surface area contributed by atoms with Crippen molar-refractivity contribution in [2.75, 3.05) is 13.1 Å². The average molecular weight is 135 g/mol. The number of hydrogen-bond donors (Lipinski definition) is 2. The maximum Gasteiger partial charge on any atom is 0.120 e. The molecule has 0 amide bonds. The summed E-state index contributed by atoms with van der Waals surface area (Å²) in [4.78, 5) is 0. The highest BCUT2D eigenvalue weighted by atomic mass is 16.3. The monoisotopic (exact) mass is 135 g/mol. The Morgan fingerprint density at radius 1 is 1.40 bits per heavy atom. The number of nitrogens with one attached hydrogen (secondary N) is 1. The molecule has 2 N–H and O–H groups in total. The lowest BCUT2D eigenvalue weighted by Gasteiger charge is -2.11. The predicted octanol–water partition coefficient (Wildman–Crippen LogP) is 0.898. The minimum atomic E-state index is 0.415. The molecule has 0 saturated heterocycles. The van der Waals surface area contributed by atoms with Crippen LogP contribution < -0.4 is 5.32 Å². The zero-order chi connectivity index (χ0) is 6.97. The summed E-state index contributed by atoms with van der Waals surface area (Å²) in [5.41, 5.74) is 2.21. The van der Waals surface area contributed by atoms with Gasteiger partial charge in [-0.2, -0.15) is 0 Å². The Kier molecular flexibility index (Phi) is 1.14. The van der Waals surface area contributed by atoms with Gasteiger partial charge in [-0.1, -0.05) is 12.2 Å². The van der Waals surface area contributed by atoms with Gasteiger partial charge in [0.2, 0.25) is 0 Å². The van der Waals surface area contributed by atoms with Crippen molar-refractivity contribution in [3.63, 3.8) is 0 Å². The molecule has 0 aromatic rings. The third kappa shape index (κ3) is 0.693. The maximum atomic E-state index is 9.24. The fourth-order valence-corrected chi connectivity index (χ4v) is 1.28. The van der Waals surface area contributed by atoms with E-state index in [1.165, 1.54) is 5.57 Å². The van der Waals surface area contributed by atoms with Crippen molar-refractivity contribution in [2.24, 2.45) is 0 Å². The molecule has 0 aromatic heterocycles. The fourth-order valence-electron chi connectivity index (χ4n) is 1.28. The summed E-state index contributed by atoms with van der Waals surface area (Å²) in [7, 11) is 0. The van der Waals surface area contributed by atoms with Crippen molar-refractivity contribution in [1.82, 2.24) is 5.32 Å². The molecule has 2 rings (SSSR count). The second-order valence-corrected chi connectivity index (χ2v) is 2.49. The Morgan fingerprint density at radius 3 is 3.10 bits per heavy atom. The highest BCUT2D eigenvalue weighted by Crippen LogP contribution is 2.23. The molecule has 2 nitrogen and oxygen atoms in total. The third-order valence-corrected chi connectivity index (χ3v) is 1.85. The smallest absolute Gasteiger partial charge is 0.120 e. The van der Waals surface area contributed by atoms with Crippen LogP contribution in [0.4, 0.5) is 0 Å². The molecule has 0 spiro atoms. The lowest BCUT2D eigenvalue weighted by molar-refractivity contribution is 0.426. The van der Waals surface area contributed by atoms with Crippen LogP contribution in [0.25, 0.3) is 0 Å². The highest BCUT2D eigenvalue weighted by molar-refractivity contribution is 5.52. The van der Waals surface area contributed by atoms with Crippen LogP contribution in [0.1, 0.15) is 0 Å². The van der Waals surface area contributed by atoms with E-state index >= 15 is 0 Å². The molecule has 1 aliphatic carbocycles. The van der Waals surface area contributed by atoms with E-state index in [4.69, 9.17) is 0 Å². The van der Waals surface area contributed by atoms with Crippen LogP contribution in [0, 0.1) is 0 Å². The number of allylic oxidation sites excluding steroid dienone is 2. The van der Waals surface area contributed by atoms with Gasteiger partial charge in [-0.3, -0.25) is 0 Å².